The summed E-state index contributed by atoms with van der Waals surface area (Å²) in [5.74, 6) is 0.452. The van der Waals surface area contributed by atoms with E-state index >= 15 is 0 Å². The summed E-state index contributed by atoms with van der Waals surface area (Å²) in [5, 5.41) is 11.9. The van der Waals surface area contributed by atoms with Crippen LogP contribution in [0.3, 0.4) is 0 Å². The molecule has 22 heavy (non-hydrogen) atoms. The first-order valence-electron chi connectivity index (χ1n) is 7.79. The van der Waals surface area contributed by atoms with Gasteiger partial charge in [0.25, 0.3) is 0 Å². The zero-order chi connectivity index (χ0) is 15.5. The average molecular weight is 302 g/mol. The Morgan fingerprint density at radius 1 is 1.36 bits per heavy atom. The molecule has 1 atom stereocenters. The van der Waals surface area contributed by atoms with Crippen LogP contribution in [-0.2, 0) is 13.1 Å². The maximum atomic E-state index is 11.9. The fourth-order valence-electron chi connectivity index (χ4n) is 2.96. The van der Waals surface area contributed by atoms with E-state index in [1.54, 1.807) is 4.57 Å². The summed E-state index contributed by atoms with van der Waals surface area (Å²) in [4.78, 5) is 15.9. The summed E-state index contributed by atoms with van der Waals surface area (Å²) in [7, 11) is 0. The Hall–Kier alpha value is -2.02. The van der Waals surface area contributed by atoms with Gasteiger partial charge in [0.05, 0.1) is 12.2 Å². The fraction of sp³-hybridized carbons (Fsp3) is 0.600. The van der Waals surface area contributed by atoms with Gasteiger partial charge in [0.2, 0.25) is 0 Å². The lowest BCUT2D eigenvalue weighted by Crippen LogP contribution is -2.28. The highest BCUT2D eigenvalue weighted by molar-refractivity contribution is 5.07. The maximum Gasteiger partial charge on any atom is 0.348 e. The van der Waals surface area contributed by atoms with Crippen LogP contribution in [0.15, 0.2) is 17.1 Å². The third kappa shape index (κ3) is 3.24. The van der Waals surface area contributed by atoms with Crippen molar-refractivity contribution in [1.29, 1.82) is 0 Å². The number of nitrogens with zero attached hydrogens (tertiary/aromatic N) is 5. The first-order valence-corrected chi connectivity index (χ1v) is 7.79. The Morgan fingerprint density at radius 2 is 2.23 bits per heavy atom. The molecular formula is C15H22N6O. The average Bonchev–Trinajstić information content (AvgIpc) is 2.96. The zero-order valence-corrected chi connectivity index (χ0v) is 13.1. The number of piperidine rings is 1. The van der Waals surface area contributed by atoms with E-state index in [1.165, 1.54) is 6.42 Å². The Kier molecular flexibility index (Phi) is 4.33. The fourth-order valence-corrected chi connectivity index (χ4v) is 2.96. The number of nitrogens with one attached hydrogen (secondary N) is 1. The first kappa shape index (κ1) is 14.9. The predicted octanol–water partition coefficient (Wildman–Crippen LogP) is 0.619. The highest BCUT2D eigenvalue weighted by Gasteiger charge is 2.18. The summed E-state index contributed by atoms with van der Waals surface area (Å²) in [5.41, 5.74) is 2.52. The molecule has 0 aliphatic carbocycles. The van der Waals surface area contributed by atoms with E-state index < -0.39 is 0 Å². The third-order valence-electron chi connectivity index (χ3n) is 4.17. The van der Waals surface area contributed by atoms with Crippen molar-refractivity contribution in [2.45, 2.75) is 45.7 Å². The number of rotatable bonds is 4. The molecule has 118 valence electrons. The molecule has 7 nitrogen and oxygen atoms in total. The smallest absolute Gasteiger partial charge is 0.316 e. The minimum absolute atomic E-state index is 0.200. The predicted molar refractivity (Wildman–Crippen MR) is 82.8 cm³/mol. The summed E-state index contributed by atoms with van der Waals surface area (Å²) in [6.07, 6.45) is 4.34. The molecule has 3 rings (SSSR count). The molecule has 0 radical (unpaired) electrons. The molecule has 2 aromatic heterocycles. The Labute approximate surface area is 129 Å². The minimum atomic E-state index is -0.200. The van der Waals surface area contributed by atoms with Crippen molar-refractivity contribution in [3.63, 3.8) is 0 Å². The van der Waals surface area contributed by atoms with Gasteiger partial charge in [0, 0.05) is 36.6 Å². The highest BCUT2D eigenvalue weighted by Crippen LogP contribution is 2.20. The molecule has 0 saturated carbocycles. The van der Waals surface area contributed by atoms with E-state index in [-0.39, 0.29) is 5.69 Å². The van der Waals surface area contributed by atoms with Gasteiger partial charge in [-0.25, -0.2) is 4.79 Å². The van der Waals surface area contributed by atoms with Gasteiger partial charge in [0.1, 0.15) is 0 Å². The van der Waals surface area contributed by atoms with Crippen LogP contribution in [-0.4, -0.2) is 37.6 Å². The second-order valence-electron chi connectivity index (χ2n) is 5.92. The van der Waals surface area contributed by atoms with E-state index in [0.717, 1.165) is 36.6 Å². The highest BCUT2D eigenvalue weighted by atomic mass is 16.1. The van der Waals surface area contributed by atoms with Gasteiger partial charge in [-0.05, 0) is 39.3 Å². The molecule has 0 amide bonds. The van der Waals surface area contributed by atoms with E-state index in [2.05, 4.69) is 20.6 Å². The zero-order valence-electron chi connectivity index (χ0n) is 13.1. The van der Waals surface area contributed by atoms with Crippen molar-refractivity contribution in [3.05, 3.63) is 39.8 Å². The van der Waals surface area contributed by atoms with Gasteiger partial charge in [-0.1, -0.05) is 5.21 Å². The van der Waals surface area contributed by atoms with E-state index in [0.29, 0.717) is 19.0 Å². The molecule has 0 spiro atoms. The Morgan fingerprint density at radius 3 is 2.95 bits per heavy atom. The van der Waals surface area contributed by atoms with Crippen molar-refractivity contribution >= 4 is 0 Å². The second kappa shape index (κ2) is 6.39. The molecule has 0 aromatic carbocycles. The Bertz CT molecular complexity index is 698. The van der Waals surface area contributed by atoms with Crippen LogP contribution in [0.4, 0.5) is 0 Å². The molecular weight excluding hydrogens is 280 g/mol. The van der Waals surface area contributed by atoms with Crippen molar-refractivity contribution in [3.8, 4) is 0 Å². The van der Waals surface area contributed by atoms with Crippen LogP contribution >= 0.6 is 0 Å². The van der Waals surface area contributed by atoms with Gasteiger partial charge < -0.3 is 5.32 Å². The molecule has 3 heterocycles. The van der Waals surface area contributed by atoms with E-state index in [1.807, 2.05) is 30.8 Å². The normalized spacial score (nSPS) is 18.5. The summed E-state index contributed by atoms with van der Waals surface area (Å²) >= 11 is 0. The third-order valence-corrected chi connectivity index (χ3v) is 4.17. The lowest BCUT2D eigenvalue weighted by Gasteiger charge is -2.20. The summed E-state index contributed by atoms with van der Waals surface area (Å²) < 4.78 is 3.49. The number of aryl methyl sites for hydroxylation is 3. The minimum Gasteiger partial charge on any atom is -0.316 e. The molecule has 1 fully saturated rings. The van der Waals surface area contributed by atoms with E-state index in [9.17, 15) is 4.79 Å². The molecule has 0 unspecified atom stereocenters. The maximum absolute atomic E-state index is 11.9. The lowest BCUT2D eigenvalue weighted by molar-refractivity contribution is 0.454. The molecule has 1 aliphatic rings. The monoisotopic (exact) mass is 302 g/mol. The first-order chi connectivity index (χ1) is 10.6. The van der Waals surface area contributed by atoms with Gasteiger partial charge in [-0.3, -0.25) is 9.25 Å². The largest absolute Gasteiger partial charge is 0.348 e. The SMILES string of the molecule is Cc1cc(C)n(CCn2cc([C@@H]3CCCNC3)nn2)c(=O)n1. The second-order valence-corrected chi connectivity index (χ2v) is 5.92. The molecule has 1 aliphatic heterocycles. The van der Waals surface area contributed by atoms with Crippen LogP contribution in [0.25, 0.3) is 0 Å². The van der Waals surface area contributed by atoms with Crippen LogP contribution in [0.1, 0.15) is 35.8 Å². The standard InChI is InChI=1S/C15H22N6O/c1-11-8-12(2)21(15(22)17-11)7-6-20-10-14(18-19-20)13-4-3-5-16-9-13/h8,10,13,16H,3-7,9H2,1-2H3/t13-/m1/s1. The molecule has 1 N–H and O–H groups in total. The van der Waals surface area contributed by atoms with Gasteiger partial charge in [0.15, 0.2) is 0 Å². The summed E-state index contributed by atoms with van der Waals surface area (Å²) in [6, 6.07) is 1.92. The van der Waals surface area contributed by atoms with Crippen LogP contribution < -0.4 is 11.0 Å². The van der Waals surface area contributed by atoms with Crippen molar-refractivity contribution in [2.24, 2.45) is 0 Å². The molecule has 1 saturated heterocycles. The van der Waals surface area contributed by atoms with Crippen molar-refractivity contribution < 1.29 is 0 Å². The van der Waals surface area contributed by atoms with Crippen molar-refractivity contribution in [1.82, 2.24) is 29.9 Å². The van der Waals surface area contributed by atoms with Gasteiger partial charge in [-0.15, -0.1) is 5.10 Å². The topological polar surface area (TPSA) is 77.6 Å². The van der Waals surface area contributed by atoms with Crippen LogP contribution in [0, 0.1) is 13.8 Å². The molecule has 7 heteroatoms. The summed E-state index contributed by atoms with van der Waals surface area (Å²) in [6.45, 7) is 7.01. The van der Waals surface area contributed by atoms with Crippen LogP contribution in [0.2, 0.25) is 0 Å². The van der Waals surface area contributed by atoms with Gasteiger partial charge >= 0.3 is 5.69 Å². The lowest BCUT2D eigenvalue weighted by atomic mass is 9.97. The number of hydrogen-bond donors (Lipinski definition) is 1. The van der Waals surface area contributed by atoms with Crippen molar-refractivity contribution in [2.75, 3.05) is 13.1 Å². The molecule has 2 aromatic rings. The number of hydrogen-bond acceptors (Lipinski definition) is 5. The van der Waals surface area contributed by atoms with Crippen LogP contribution in [0.5, 0.6) is 0 Å². The Balaban J connectivity index is 1.67. The quantitative estimate of drug-likeness (QED) is 0.896. The number of aromatic nitrogens is 5. The van der Waals surface area contributed by atoms with Gasteiger partial charge in [-0.2, -0.15) is 4.98 Å². The van der Waals surface area contributed by atoms with E-state index in [4.69, 9.17) is 0 Å². The molecule has 0 bridgehead atoms.